The van der Waals surface area contributed by atoms with Crippen molar-refractivity contribution in [2.75, 3.05) is 11.9 Å². The fourth-order valence-electron chi connectivity index (χ4n) is 2.78. The van der Waals surface area contributed by atoms with Crippen molar-refractivity contribution < 1.29 is 0 Å². The van der Waals surface area contributed by atoms with E-state index in [1.165, 1.54) is 19.3 Å². The minimum absolute atomic E-state index is 0.507. The van der Waals surface area contributed by atoms with Crippen LogP contribution in [0.5, 0.6) is 0 Å². The molecule has 1 aromatic heterocycles. The Bertz CT molecular complexity index is 405. The van der Waals surface area contributed by atoms with Gasteiger partial charge in [-0.3, -0.25) is 9.88 Å². The molecule has 2 aliphatic rings. The molecule has 0 radical (unpaired) electrons. The lowest BCUT2D eigenvalue weighted by atomic mass is 10.2. The molecule has 0 bridgehead atoms. The summed E-state index contributed by atoms with van der Waals surface area (Å²) < 4.78 is 0. The lowest BCUT2D eigenvalue weighted by Crippen LogP contribution is -2.31. The maximum absolute atomic E-state index is 6.13. The summed E-state index contributed by atoms with van der Waals surface area (Å²) in [5.74, 6) is 0. The number of halogens is 1. The van der Waals surface area contributed by atoms with Gasteiger partial charge in [-0.2, -0.15) is 0 Å². The minimum Gasteiger partial charge on any atom is -0.379 e. The molecule has 2 heterocycles. The van der Waals surface area contributed by atoms with Crippen LogP contribution in [-0.2, 0) is 0 Å². The molecule has 1 N–H and O–H groups in total. The number of hydrogen-bond acceptors (Lipinski definition) is 3. The van der Waals surface area contributed by atoms with Crippen LogP contribution >= 0.6 is 11.6 Å². The zero-order valence-corrected chi connectivity index (χ0v) is 10.8. The van der Waals surface area contributed by atoms with Crippen LogP contribution in [0.25, 0.3) is 0 Å². The summed E-state index contributed by atoms with van der Waals surface area (Å²) in [6.07, 6.45) is 7.49. The van der Waals surface area contributed by atoms with Crippen LogP contribution in [0, 0.1) is 0 Å². The van der Waals surface area contributed by atoms with Crippen LogP contribution in [0.4, 0.5) is 5.69 Å². The third kappa shape index (κ3) is 2.40. The highest BCUT2D eigenvalue weighted by Gasteiger charge is 2.38. The van der Waals surface area contributed by atoms with Crippen LogP contribution in [0.1, 0.15) is 26.2 Å². The van der Waals surface area contributed by atoms with Gasteiger partial charge in [-0.15, -0.1) is 0 Å². The Morgan fingerprint density at radius 3 is 3.00 bits per heavy atom. The molecule has 3 nitrogen and oxygen atoms in total. The number of pyridine rings is 1. The summed E-state index contributed by atoms with van der Waals surface area (Å²) in [6.45, 7) is 3.46. The summed E-state index contributed by atoms with van der Waals surface area (Å²) in [5, 5.41) is 4.28. The highest BCUT2D eigenvalue weighted by molar-refractivity contribution is 6.33. The van der Waals surface area contributed by atoms with Crippen molar-refractivity contribution in [3.63, 3.8) is 0 Å². The van der Waals surface area contributed by atoms with E-state index in [2.05, 4.69) is 22.1 Å². The molecule has 17 heavy (non-hydrogen) atoms. The average Bonchev–Trinajstić information content (AvgIpc) is 3.07. The van der Waals surface area contributed by atoms with E-state index in [-0.39, 0.29) is 0 Å². The average molecular weight is 252 g/mol. The monoisotopic (exact) mass is 251 g/mol. The molecule has 92 valence electrons. The Labute approximate surface area is 107 Å². The largest absolute Gasteiger partial charge is 0.379 e. The summed E-state index contributed by atoms with van der Waals surface area (Å²) in [5.41, 5.74) is 0.962. The van der Waals surface area contributed by atoms with Crippen LogP contribution in [0.3, 0.4) is 0 Å². The molecule has 2 atom stereocenters. The number of nitrogens with one attached hydrogen (secondary N) is 1. The van der Waals surface area contributed by atoms with E-state index < -0.39 is 0 Å². The van der Waals surface area contributed by atoms with Gasteiger partial charge < -0.3 is 5.32 Å². The lowest BCUT2D eigenvalue weighted by Gasteiger charge is -2.20. The number of likely N-dealkylation sites (tertiary alicyclic amines) is 1. The summed E-state index contributed by atoms with van der Waals surface area (Å²) in [6, 6.07) is 3.88. The standard InChI is InChI=1S/C13H18ClN3/c1-9-6-10(8-17(9)11-2-3-11)16-13-7-15-5-4-12(13)14/h4-5,7,9-11,16H,2-3,6,8H2,1H3. The molecule has 2 unspecified atom stereocenters. The SMILES string of the molecule is CC1CC(Nc2cnccc2Cl)CN1C1CC1. The molecule has 2 fully saturated rings. The zero-order valence-electron chi connectivity index (χ0n) is 10.1. The fraction of sp³-hybridized carbons (Fsp3) is 0.615. The Kier molecular flexibility index (Phi) is 2.97. The van der Waals surface area contributed by atoms with Crippen molar-refractivity contribution in [3.8, 4) is 0 Å². The van der Waals surface area contributed by atoms with Crippen LogP contribution in [0.15, 0.2) is 18.5 Å². The molecule has 1 saturated carbocycles. The van der Waals surface area contributed by atoms with Crippen molar-refractivity contribution >= 4 is 17.3 Å². The van der Waals surface area contributed by atoms with E-state index in [9.17, 15) is 0 Å². The number of hydrogen-bond donors (Lipinski definition) is 1. The van der Waals surface area contributed by atoms with Gasteiger partial charge in [0.25, 0.3) is 0 Å². The lowest BCUT2D eigenvalue weighted by molar-refractivity contribution is 0.257. The molecule has 3 rings (SSSR count). The Morgan fingerprint density at radius 1 is 1.47 bits per heavy atom. The van der Waals surface area contributed by atoms with Gasteiger partial charge in [0.2, 0.25) is 0 Å². The number of anilines is 1. The first-order chi connectivity index (χ1) is 8.24. The summed E-state index contributed by atoms with van der Waals surface area (Å²) in [7, 11) is 0. The van der Waals surface area contributed by atoms with Gasteiger partial charge in [-0.05, 0) is 32.3 Å². The van der Waals surface area contributed by atoms with Gasteiger partial charge in [-0.1, -0.05) is 11.6 Å². The number of aromatic nitrogens is 1. The molecule has 1 aliphatic carbocycles. The van der Waals surface area contributed by atoms with Crippen molar-refractivity contribution in [1.29, 1.82) is 0 Å². The first-order valence-electron chi connectivity index (χ1n) is 6.36. The van der Waals surface area contributed by atoms with Gasteiger partial charge in [0.15, 0.2) is 0 Å². The predicted octanol–water partition coefficient (Wildman–Crippen LogP) is 2.77. The number of rotatable bonds is 3. The van der Waals surface area contributed by atoms with Gasteiger partial charge in [0, 0.05) is 30.9 Å². The molecular weight excluding hydrogens is 234 g/mol. The molecule has 4 heteroatoms. The van der Waals surface area contributed by atoms with Gasteiger partial charge in [0.05, 0.1) is 16.9 Å². The molecule has 0 amide bonds. The van der Waals surface area contributed by atoms with Crippen LogP contribution in [0.2, 0.25) is 5.02 Å². The van der Waals surface area contributed by atoms with Gasteiger partial charge in [0.1, 0.15) is 0 Å². The minimum atomic E-state index is 0.507. The predicted molar refractivity (Wildman–Crippen MR) is 70.5 cm³/mol. The van der Waals surface area contributed by atoms with Crippen LogP contribution < -0.4 is 5.32 Å². The molecular formula is C13H18ClN3. The van der Waals surface area contributed by atoms with E-state index in [4.69, 9.17) is 11.6 Å². The van der Waals surface area contributed by atoms with Crippen LogP contribution in [-0.4, -0.2) is 34.6 Å². The van der Waals surface area contributed by atoms with Gasteiger partial charge in [-0.25, -0.2) is 0 Å². The zero-order chi connectivity index (χ0) is 11.8. The first kappa shape index (κ1) is 11.3. The topological polar surface area (TPSA) is 28.2 Å². The van der Waals surface area contributed by atoms with E-state index in [1.54, 1.807) is 6.20 Å². The second kappa shape index (κ2) is 4.46. The van der Waals surface area contributed by atoms with Gasteiger partial charge >= 0.3 is 0 Å². The van der Waals surface area contributed by atoms with Crippen molar-refractivity contribution in [1.82, 2.24) is 9.88 Å². The normalized spacial score (nSPS) is 29.5. The molecule has 1 saturated heterocycles. The first-order valence-corrected chi connectivity index (χ1v) is 6.73. The van der Waals surface area contributed by atoms with E-state index in [0.717, 1.165) is 23.3 Å². The van der Waals surface area contributed by atoms with E-state index in [0.29, 0.717) is 12.1 Å². The third-order valence-electron chi connectivity index (χ3n) is 3.77. The van der Waals surface area contributed by atoms with E-state index in [1.807, 2.05) is 12.3 Å². The summed E-state index contributed by atoms with van der Waals surface area (Å²) in [4.78, 5) is 6.74. The molecule has 1 aliphatic heterocycles. The fourth-order valence-corrected chi connectivity index (χ4v) is 2.94. The molecule has 0 spiro atoms. The number of nitrogens with zero attached hydrogens (tertiary/aromatic N) is 2. The van der Waals surface area contributed by atoms with Crippen molar-refractivity contribution in [3.05, 3.63) is 23.5 Å². The highest BCUT2D eigenvalue weighted by atomic mass is 35.5. The highest BCUT2D eigenvalue weighted by Crippen LogP contribution is 2.34. The summed E-state index contributed by atoms with van der Waals surface area (Å²) >= 11 is 6.13. The maximum atomic E-state index is 6.13. The van der Waals surface area contributed by atoms with Crippen molar-refractivity contribution in [2.45, 2.75) is 44.3 Å². The Morgan fingerprint density at radius 2 is 2.29 bits per heavy atom. The second-order valence-electron chi connectivity index (χ2n) is 5.21. The van der Waals surface area contributed by atoms with E-state index >= 15 is 0 Å². The maximum Gasteiger partial charge on any atom is 0.0718 e. The third-order valence-corrected chi connectivity index (χ3v) is 4.10. The smallest absolute Gasteiger partial charge is 0.0718 e. The molecule has 0 aromatic carbocycles. The second-order valence-corrected chi connectivity index (χ2v) is 5.62. The van der Waals surface area contributed by atoms with Crippen molar-refractivity contribution in [2.24, 2.45) is 0 Å². The quantitative estimate of drug-likeness (QED) is 0.896. The Hall–Kier alpha value is -0.800. The Balaban J connectivity index is 1.65. The molecule has 1 aromatic rings.